The Morgan fingerprint density at radius 3 is 2.50 bits per heavy atom. The van der Waals surface area contributed by atoms with Crippen molar-refractivity contribution in [2.75, 3.05) is 0 Å². The molecule has 0 saturated carbocycles. The largest absolute Gasteiger partial charge is 0.573 e. The van der Waals surface area contributed by atoms with Gasteiger partial charge in [0.05, 0.1) is 11.6 Å². The summed E-state index contributed by atoms with van der Waals surface area (Å²) in [5.41, 5.74) is -0.593. The number of carboxylic acids is 1. The van der Waals surface area contributed by atoms with Crippen LogP contribution in [0.5, 0.6) is 5.75 Å². The number of hydrogen-bond donors (Lipinski definition) is 1. The first kappa shape index (κ1) is 13.8. The van der Waals surface area contributed by atoms with Crippen LogP contribution < -0.4 is 4.74 Å². The molecule has 1 aromatic rings. The maximum Gasteiger partial charge on any atom is 0.573 e. The molecule has 0 bridgehead atoms. The number of alkyl halides is 3. The molecule has 0 atom stereocenters. The number of nitriles is 1. The average Bonchev–Trinajstić information content (AvgIpc) is 2.25. The number of ether oxygens (including phenoxy) is 1. The molecule has 0 heterocycles. The Labute approximate surface area is 100 Å². The second kappa shape index (κ2) is 4.96. The lowest BCUT2D eigenvalue weighted by Gasteiger charge is -2.14. The molecule has 18 heavy (non-hydrogen) atoms. The van der Waals surface area contributed by atoms with Crippen LogP contribution in [0.2, 0.25) is 0 Å². The summed E-state index contributed by atoms with van der Waals surface area (Å²) in [6, 6.07) is 3.66. The molecule has 0 aliphatic carbocycles. The van der Waals surface area contributed by atoms with E-state index < -0.39 is 23.6 Å². The van der Waals surface area contributed by atoms with Crippen molar-refractivity contribution in [1.29, 1.82) is 5.26 Å². The summed E-state index contributed by atoms with van der Waals surface area (Å²) in [5, 5.41) is 17.7. The van der Waals surface area contributed by atoms with Gasteiger partial charge in [0.2, 0.25) is 0 Å². The molecule has 0 saturated heterocycles. The lowest BCUT2D eigenvalue weighted by atomic mass is 9.98. The van der Waals surface area contributed by atoms with Crippen LogP contribution >= 0.6 is 0 Å². The summed E-state index contributed by atoms with van der Waals surface area (Å²) in [6.07, 6.45) is -4.87. The summed E-state index contributed by atoms with van der Waals surface area (Å²) in [5.74, 6) is -2.38. The number of carboxylic acid groups (broad SMARTS) is 1. The number of benzene rings is 1. The van der Waals surface area contributed by atoms with E-state index in [0.29, 0.717) is 0 Å². The van der Waals surface area contributed by atoms with Crippen LogP contribution in [0, 0.1) is 11.3 Å². The maximum atomic E-state index is 12.1. The molecule has 1 aromatic carbocycles. The fraction of sp³-hybridized carbons (Fsp3) is 0.273. The van der Waals surface area contributed by atoms with Crippen LogP contribution in [0.4, 0.5) is 13.2 Å². The van der Waals surface area contributed by atoms with Crippen molar-refractivity contribution in [1.82, 2.24) is 0 Å². The van der Waals surface area contributed by atoms with Crippen LogP contribution in [0.3, 0.4) is 0 Å². The maximum absolute atomic E-state index is 12.1. The van der Waals surface area contributed by atoms with Gasteiger partial charge in [0, 0.05) is 0 Å². The quantitative estimate of drug-likeness (QED) is 0.905. The minimum atomic E-state index is -4.98. The Hall–Kier alpha value is -2.23. The molecule has 0 fully saturated rings. The van der Waals surface area contributed by atoms with E-state index in [-0.39, 0.29) is 17.5 Å². The Bertz CT molecular complexity index is 517. The highest BCUT2D eigenvalue weighted by atomic mass is 19.4. The first-order valence-electron chi connectivity index (χ1n) is 4.85. The molecule has 0 aliphatic heterocycles. The van der Waals surface area contributed by atoms with E-state index in [1.54, 1.807) is 13.0 Å². The highest BCUT2D eigenvalue weighted by Gasteiger charge is 2.34. The van der Waals surface area contributed by atoms with Crippen LogP contribution in [0.1, 0.15) is 28.4 Å². The van der Waals surface area contributed by atoms with E-state index in [0.717, 1.165) is 12.1 Å². The zero-order valence-corrected chi connectivity index (χ0v) is 9.21. The fourth-order valence-electron chi connectivity index (χ4n) is 1.54. The van der Waals surface area contributed by atoms with Gasteiger partial charge in [-0.3, -0.25) is 0 Å². The van der Waals surface area contributed by atoms with Gasteiger partial charge in [0.25, 0.3) is 0 Å². The summed E-state index contributed by atoms with van der Waals surface area (Å²) < 4.78 is 40.0. The smallest absolute Gasteiger partial charge is 0.478 e. The Morgan fingerprint density at radius 1 is 1.50 bits per heavy atom. The van der Waals surface area contributed by atoms with E-state index in [1.807, 2.05) is 0 Å². The molecule has 0 aliphatic rings. The fourth-order valence-corrected chi connectivity index (χ4v) is 1.54. The molecule has 7 heteroatoms. The van der Waals surface area contributed by atoms with Crippen molar-refractivity contribution in [3.8, 4) is 11.8 Å². The molecular weight excluding hydrogens is 251 g/mol. The molecular formula is C11H8F3NO3. The third-order valence-corrected chi connectivity index (χ3v) is 2.19. The molecule has 0 radical (unpaired) electrons. The molecule has 0 unspecified atom stereocenters. The number of hydrogen-bond acceptors (Lipinski definition) is 3. The van der Waals surface area contributed by atoms with Gasteiger partial charge in [-0.2, -0.15) is 5.26 Å². The van der Waals surface area contributed by atoms with E-state index in [9.17, 15) is 18.0 Å². The Morgan fingerprint density at radius 2 is 2.11 bits per heavy atom. The molecule has 0 aromatic heterocycles. The van der Waals surface area contributed by atoms with E-state index in [1.165, 1.54) is 0 Å². The van der Waals surface area contributed by atoms with Crippen LogP contribution in [-0.4, -0.2) is 17.4 Å². The van der Waals surface area contributed by atoms with Crippen molar-refractivity contribution in [2.24, 2.45) is 0 Å². The lowest BCUT2D eigenvalue weighted by Crippen LogP contribution is -2.20. The van der Waals surface area contributed by atoms with Gasteiger partial charge in [-0.05, 0) is 24.1 Å². The second-order valence-electron chi connectivity index (χ2n) is 3.28. The molecule has 0 amide bonds. The van der Waals surface area contributed by atoms with Crippen molar-refractivity contribution in [2.45, 2.75) is 19.7 Å². The van der Waals surface area contributed by atoms with Crippen LogP contribution in [0.25, 0.3) is 0 Å². The van der Waals surface area contributed by atoms with Gasteiger partial charge in [0.15, 0.2) is 0 Å². The average molecular weight is 259 g/mol. The van der Waals surface area contributed by atoms with Crippen LogP contribution in [0.15, 0.2) is 12.1 Å². The number of halogens is 3. The first-order chi connectivity index (χ1) is 8.30. The van der Waals surface area contributed by atoms with Crippen molar-refractivity contribution < 1.29 is 27.8 Å². The van der Waals surface area contributed by atoms with Gasteiger partial charge < -0.3 is 9.84 Å². The minimum Gasteiger partial charge on any atom is -0.478 e. The molecule has 0 spiro atoms. The first-order valence-corrected chi connectivity index (χ1v) is 4.85. The number of nitrogens with zero attached hydrogens (tertiary/aromatic N) is 1. The summed E-state index contributed by atoms with van der Waals surface area (Å²) in [7, 11) is 0. The highest BCUT2D eigenvalue weighted by molar-refractivity contribution is 5.93. The number of rotatable bonds is 3. The highest BCUT2D eigenvalue weighted by Crippen LogP contribution is 2.30. The summed E-state index contributed by atoms with van der Waals surface area (Å²) >= 11 is 0. The third kappa shape index (κ3) is 2.91. The zero-order valence-electron chi connectivity index (χ0n) is 9.21. The lowest BCUT2D eigenvalue weighted by molar-refractivity contribution is -0.274. The Balaban J connectivity index is 3.46. The van der Waals surface area contributed by atoms with Crippen molar-refractivity contribution >= 4 is 5.97 Å². The molecule has 1 N–H and O–H groups in total. The standard InChI is InChI=1S/C11H8F3NO3/c1-2-7-6(5-15)3-4-8(9(7)10(16)17)18-11(12,13)14/h3-4H,2H2,1H3,(H,16,17). The van der Waals surface area contributed by atoms with Gasteiger partial charge in [0.1, 0.15) is 11.3 Å². The van der Waals surface area contributed by atoms with Crippen molar-refractivity contribution in [3.05, 3.63) is 28.8 Å². The van der Waals surface area contributed by atoms with Gasteiger partial charge in [-0.15, -0.1) is 13.2 Å². The predicted octanol–water partition coefficient (Wildman–Crippen LogP) is 2.72. The Kier molecular flexibility index (Phi) is 3.81. The zero-order chi connectivity index (χ0) is 13.9. The monoisotopic (exact) mass is 259 g/mol. The SMILES string of the molecule is CCc1c(C#N)ccc(OC(F)(F)F)c1C(=O)O. The molecule has 96 valence electrons. The van der Waals surface area contributed by atoms with E-state index >= 15 is 0 Å². The van der Waals surface area contributed by atoms with Gasteiger partial charge in [-0.25, -0.2) is 4.79 Å². The summed E-state index contributed by atoms with van der Waals surface area (Å²) in [4.78, 5) is 11.0. The van der Waals surface area contributed by atoms with E-state index in [4.69, 9.17) is 10.4 Å². The van der Waals surface area contributed by atoms with Gasteiger partial charge >= 0.3 is 12.3 Å². The predicted molar refractivity (Wildman–Crippen MR) is 54.2 cm³/mol. The second-order valence-corrected chi connectivity index (χ2v) is 3.28. The van der Waals surface area contributed by atoms with Crippen LogP contribution in [-0.2, 0) is 6.42 Å². The molecule has 4 nitrogen and oxygen atoms in total. The van der Waals surface area contributed by atoms with Crippen molar-refractivity contribution in [3.63, 3.8) is 0 Å². The number of carbonyl (C=O) groups is 1. The summed E-state index contributed by atoms with van der Waals surface area (Å²) in [6.45, 7) is 1.54. The molecule has 1 rings (SSSR count). The normalized spacial score (nSPS) is 10.8. The van der Waals surface area contributed by atoms with E-state index in [2.05, 4.69) is 4.74 Å². The topological polar surface area (TPSA) is 70.3 Å². The minimum absolute atomic E-state index is 0.0180. The van der Waals surface area contributed by atoms with Gasteiger partial charge in [-0.1, -0.05) is 6.92 Å². The number of aromatic carboxylic acids is 1. The third-order valence-electron chi connectivity index (χ3n) is 2.19.